The predicted molar refractivity (Wildman–Crippen MR) is 90.5 cm³/mol. The van der Waals surface area contributed by atoms with Gasteiger partial charge in [-0.25, -0.2) is 4.79 Å². The maximum absolute atomic E-state index is 11.9. The van der Waals surface area contributed by atoms with Gasteiger partial charge in [-0.1, -0.05) is 54.6 Å². The summed E-state index contributed by atoms with van der Waals surface area (Å²) in [6.45, 7) is 2.05. The fourth-order valence-corrected chi connectivity index (χ4v) is 2.33. The number of carbonyl (C=O) groups is 2. The number of nitrogens with one attached hydrogen (secondary N) is 1. The van der Waals surface area contributed by atoms with Crippen LogP contribution in [0.1, 0.15) is 16.7 Å². The van der Waals surface area contributed by atoms with Gasteiger partial charge in [-0.3, -0.25) is 4.79 Å². The van der Waals surface area contributed by atoms with Crippen LogP contribution in [-0.4, -0.2) is 29.6 Å². The summed E-state index contributed by atoms with van der Waals surface area (Å²) in [5, 5.41) is 11.8. The average Bonchev–Trinajstić information content (AvgIpc) is 2.57. The van der Waals surface area contributed by atoms with E-state index in [1.165, 1.54) is 0 Å². The summed E-state index contributed by atoms with van der Waals surface area (Å²) in [5.74, 6) is -1.50. The van der Waals surface area contributed by atoms with Crippen LogP contribution in [-0.2, 0) is 27.4 Å². The summed E-state index contributed by atoms with van der Waals surface area (Å²) in [4.78, 5) is 23.3. The second-order valence-corrected chi connectivity index (χ2v) is 5.57. The van der Waals surface area contributed by atoms with Crippen molar-refractivity contribution in [1.29, 1.82) is 0 Å². The lowest BCUT2D eigenvalue weighted by molar-refractivity contribution is -0.142. The highest BCUT2D eigenvalue weighted by Crippen LogP contribution is 2.10. The molecule has 24 heavy (non-hydrogen) atoms. The molecule has 2 N–H and O–H groups in total. The molecule has 5 heteroatoms. The van der Waals surface area contributed by atoms with Crippen molar-refractivity contribution in [3.05, 3.63) is 71.3 Å². The highest BCUT2D eigenvalue weighted by molar-refractivity contribution is 5.84. The van der Waals surface area contributed by atoms with Gasteiger partial charge in [0.25, 0.3) is 0 Å². The second-order valence-electron chi connectivity index (χ2n) is 5.57. The van der Waals surface area contributed by atoms with E-state index in [2.05, 4.69) is 5.32 Å². The molecule has 0 aromatic heterocycles. The number of amides is 1. The molecular weight excluding hydrogens is 306 g/mol. The number of benzene rings is 2. The Morgan fingerprint density at radius 1 is 1.08 bits per heavy atom. The molecule has 5 nitrogen and oxygen atoms in total. The zero-order valence-corrected chi connectivity index (χ0v) is 13.6. The number of carboxylic acid groups (broad SMARTS) is 1. The molecule has 0 saturated heterocycles. The van der Waals surface area contributed by atoms with Crippen molar-refractivity contribution < 1.29 is 19.4 Å². The van der Waals surface area contributed by atoms with Crippen LogP contribution in [0.5, 0.6) is 0 Å². The normalized spacial score (nSPS) is 11.7. The number of ether oxygens (including phenoxy) is 1. The van der Waals surface area contributed by atoms with Crippen LogP contribution in [0.3, 0.4) is 0 Å². The molecule has 0 fully saturated rings. The Hall–Kier alpha value is -2.66. The van der Waals surface area contributed by atoms with E-state index in [-0.39, 0.29) is 13.0 Å². The van der Waals surface area contributed by atoms with Gasteiger partial charge in [0.1, 0.15) is 12.6 Å². The summed E-state index contributed by atoms with van der Waals surface area (Å²) in [6.07, 6.45) is 0.242. The highest BCUT2D eigenvalue weighted by atomic mass is 16.5. The Balaban J connectivity index is 1.85. The van der Waals surface area contributed by atoms with Crippen LogP contribution in [0.2, 0.25) is 0 Å². The van der Waals surface area contributed by atoms with Gasteiger partial charge in [0.15, 0.2) is 0 Å². The van der Waals surface area contributed by atoms with Crippen molar-refractivity contribution in [2.45, 2.75) is 26.0 Å². The van der Waals surface area contributed by atoms with Crippen LogP contribution < -0.4 is 5.32 Å². The lowest BCUT2D eigenvalue weighted by atomic mass is 10.0. The van der Waals surface area contributed by atoms with E-state index in [9.17, 15) is 14.7 Å². The second kappa shape index (κ2) is 8.84. The first-order valence-corrected chi connectivity index (χ1v) is 7.74. The molecule has 0 bridgehead atoms. The molecule has 0 aliphatic heterocycles. The molecule has 2 rings (SSSR count). The number of hydrogen-bond donors (Lipinski definition) is 2. The van der Waals surface area contributed by atoms with E-state index in [1.807, 2.05) is 61.5 Å². The van der Waals surface area contributed by atoms with Crippen LogP contribution in [0.15, 0.2) is 54.6 Å². The van der Waals surface area contributed by atoms with Crippen LogP contribution >= 0.6 is 0 Å². The SMILES string of the molecule is Cc1ccccc1C[C@@H](NC(=O)COCc1ccccc1)C(=O)O. The molecule has 0 aliphatic rings. The summed E-state index contributed by atoms with van der Waals surface area (Å²) in [7, 11) is 0. The van der Waals surface area contributed by atoms with E-state index in [4.69, 9.17) is 4.74 Å². The molecule has 0 aliphatic carbocycles. The number of carbonyl (C=O) groups excluding carboxylic acids is 1. The lowest BCUT2D eigenvalue weighted by Gasteiger charge is -2.16. The van der Waals surface area contributed by atoms with E-state index in [0.717, 1.165) is 16.7 Å². The molecule has 0 unspecified atom stereocenters. The first kappa shape index (κ1) is 17.7. The van der Waals surface area contributed by atoms with Gasteiger partial charge in [-0.05, 0) is 23.6 Å². The van der Waals surface area contributed by atoms with Crippen molar-refractivity contribution in [3.63, 3.8) is 0 Å². The number of hydrogen-bond acceptors (Lipinski definition) is 3. The van der Waals surface area contributed by atoms with Crippen LogP contribution in [0.25, 0.3) is 0 Å². The molecule has 126 valence electrons. The zero-order valence-electron chi connectivity index (χ0n) is 13.6. The Bertz CT molecular complexity index is 685. The third kappa shape index (κ3) is 5.52. The molecule has 1 atom stereocenters. The van der Waals surface area contributed by atoms with E-state index in [0.29, 0.717) is 6.61 Å². The summed E-state index contributed by atoms with van der Waals surface area (Å²) in [6, 6.07) is 16.0. The van der Waals surface area contributed by atoms with Crippen LogP contribution in [0, 0.1) is 6.92 Å². The maximum atomic E-state index is 11.9. The van der Waals surface area contributed by atoms with Gasteiger partial charge in [0.2, 0.25) is 5.91 Å². The van der Waals surface area contributed by atoms with Gasteiger partial charge in [-0.15, -0.1) is 0 Å². The quantitative estimate of drug-likeness (QED) is 0.780. The first-order chi connectivity index (χ1) is 11.6. The van der Waals surface area contributed by atoms with E-state index < -0.39 is 17.9 Å². The van der Waals surface area contributed by atoms with Crippen molar-refractivity contribution in [2.75, 3.05) is 6.61 Å². The molecule has 2 aromatic rings. The minimum Gasteiger partial charge on any atom is -0.480 e. The van der Waals surface area contributed by atoms with E-state index in [1.54, 1.807) is 0 Å². The van der Waals surface area contributed by atoms with Gasteiger partial charge < -0.3 is 15.2 Å². The summed E-state index contributed by atoms with van der Waals surface area (Å²) < 4.78 is 5.33. The van der Waals surface area contributed by atoms with Gasteiger partial charge in [0.05, 0.1) is 6.61 Å². The Morgan fingerprint density at radius 3 is 2.42 bits per heavy atom. The van der Waals surface area contributed by atoms with Crippen molar-refractivity contribution in [3.8, 4) is 0 Å². The van der Waals surface area contributed by atoms with Crippen molar-refractivity contribution in [2.24, 2.45) is 0 Å². The molecule has 0 spiro atoms. The van der Waals surface area contributed by atoms with Gasteiger partial charge >= 0.3 is 5.97 Å². The molecule has 0 radical (unpaired) electrons. The van der Waals surface area contributed by atoms with Gasteiger partial charge in [0, 0.05) is 6.42 Å². The average molecular weight is 327 g/mol. The zero-order chi connectivity index (χ0) is 17.4. The fourth-order valence-electron chi connectivity index (χ4n) is 2.33. The molecular formula is C19H21NO4. The Kier molecular flexibility index (Phi) is 6.51. The predicted octanol–water partition coefficient (Wildman–Crippen LogP) is 2.32. The minimum absolute atomic E-state index is 0.174. The number of aliphatic carboxylic acids is 1. The van der Waals surface area contributed by atoms with Gasteiger partial charge in [-0.2, -0.15) is 0 Å². The van der Waals surface area contributed by atoms with Crippen LogP contribution in [0.4, 0.5) is 0 Å². The minimum atomic E-state index is -1.06. The highest BCUT2D eigenvalue weighted by Gasteiger charge is 2.21. The maximum Gasteiger partial charge on any atom is 0.326 e. The third-order valence-electron chi connectivity index (χ3n) is 3.66. The Labute approximate surface area is 141 Å². The molecule has 0 saturated carbocycles. The first-order valence-electron chi connectivity index (χ1n) is 7.74. The standard InChI is InChI=1S/C19H21NO4/c1-14-7-5-6-10-16(14)11-17(19(22)23)20-18(21)13-24-12-15-8-3-2-4-9-15/h2-10,17H,11-13H2,1H3,(H,20,21)(H,22,23)/t17-/m1/s1. The van der Waals surface area contributed by atoms with Crippen molar-refractivity contribution >= 4 is 11.9 Å². The topological polar surface area (TPSA) is 75.6 Å². The number of carboxylic acids is 1. The largest absolute Gasteiger partial charge is 0.480 e. The van der Waals surface area contributed by atoms with Crippen molar-refractivity contribution in [1.82, 2.24) is 5.32 Å². The molecule has 0 heterocycles. The third-order valence-corrected chi connectivity index (χ3v) is 3.66. The fraction of sp³-hybridized carbons (Fsp3) is 0.263. The number of aryl methyl sites for hydroxylation is 1. The molecule has 1 amide bonds. The monoisotopic (exact) mass is 327 g/mol. The summed E-state index contributed by atoms with van der Waals surface area (Å²) in [5.41, 5.74) is 2.86. The number of rotatable bonds is 8. The smallest absolute Gasteiger partial charge is 0.326 e. The lowest BCUT2D eigenvalue weighted by Crippen LogP contribution is -2.44. The van der Waals surface area contributed by atoms with E-state index >= 15 is 0 Å². The summed E-state index contributed by atoms with van der Waals surface area (Å²) >= 11 is 0. The Morgan fingerprint density at radius 2 is 1.75 bits per heavy atom. The molecule has 2 aromatic carbocycles.